The SMILES string of the molecule is O=C(O)C1CCCCN1S(=O)(=O)Nc1nccc(Cl)n1. The molecule has 1 aromatic heterocycles. The highest BCUT2D eigenvalue weighted by Gasteiger charge is 2.37. The fourth-order valence-electron chi connectivity index (χ4n) is 2.00. The Bertz CT molecular complexity index is 609. The third-order valence-electron chi connectivity index (χ3n) is 2.89. The molecule has 1 aliphatic rings. The zero-order chi connectivity index (χ0) is 14.8. The van der Waals surface area contributed by atoms with Gasteiger partial charge < -0.3 is 5.11 Å². The van der Waals surface area contributed by atoms with E-state index in [4.69, 9.17) is 16.7 Å². The van der Waals surface area contributed by atoms with Crippen molar-refractivity contribution in [1.82, 2.24) is 14.3 Å². The first kappa shape index (κ1) is 14.9. The van der Waals surface area contributed by atoms with Crippen molar-refractivity contribution in [3.8, 4) is 0 Å². The molecular formula is C10H13ClN4O4S. The molecule has 1 atom stereocenters. The van der Waals surface area contributed by atoms with E-state index in [0.29, 0.717) is 12.8 Å². The van der Waals surface area contributed by atoms with Crippen molar-refractivity contribution in [1.29, 1.82) is 0 Å². The van der Waals surface area contributed by atoms with Crippen LogP contribution in [0, 0.1) is 0 Å². The van der Waals surface area contributed by atoms with Crippen LogP contribution in [-0.2, 0) is 15.0 Å². The Morgan fingerprint density at radius 1 is 1.50 bits per heavy atom. The van der Waals surface area contributed by atoms with Crippen LogP contribution in [0.2, 0.25) is 5.15 Å². The average Bonchev–Trinajstić information content (AvgIpc) is 2.38. The number of rotatable bonds is 4. The zero-order valence-corrected chi connectivity index (χ0v) is 11.9. The van der Waals surface area contributed by atoms with Gasteiger partial charge in [0.2, 0.25) is 5.95 Å². The highest BCUT2D eigenvalue weighted by atomic mass is 35.5. The minimum Gasteiger partial charge on any atom is -0.480 e. The second-order valence-corrected chi connectivity index (χ2v) is 6.28. The predicted octanol–water partition coefficient (Wildman–Crippen LogP) is 0.726. The Morgan fingerprint density at radius 3 is 2.90 bits per heavy atom. The first-order valence-corrected chi connectivity index (χ1v) is 7.73. The second kappa shape index (κ2) is 5.90. The number of aromatic nitrogens is 2. The number of carboxylic acid groups (broad SMARTS) is 1. The maximum atomic E-state index is 12.2. The second-order valence-electron chi connectivity index (χ2n) is 4.27. The number of aliphatic carboxylic acids is 1. The zero-order valence-electron chi connectivity index (χ0n) is 10.4. The molecule has 2 N–H and O–H groups in total. The van der Waals surface area contributed by atoms with E-state index < -0.39 is 22.2 Å². The number of nitrogens with zero attached hydrogens (tertiary/aromatic N) is 3. The number of nitrogens with one attached hydrogen (secondary N) is 1. The van der Waals surface area contributed by atoms with Gasteiger partial charge in [-0.1, -0.05) is 11.6 Å². The molecule has 0 saturated carbocycles. The molecule has 8 nitrogen and oxygen atoms in total. The third kappa shape index (κ3) is 3.35. The lowest BCUT2D eigenvalue weighted by Crippen LogP contribution is -2.50. The average molecular weight is 321 g/mol. The molecule has 0 bridgehead atoms. The third-order valence-corrected chi connectivity index (χ3v) is 4.59. The normalized spacial score (nSPS) is 20.6. The van der Waals surface area contributed by atoms with Crippen molar-refractivity contribution < 1.29 is 18.3 Å². The lowest BCUT2D eigenvalue weighted by Gasteiger charge is -2.31. The van der Waals surface area contributed by atoms with Crippen molar-refractivity contribution in [2.24, 2.45) is 0 Å². The summed E-state index contributed by atoms with van der Waals surface area (Å²) < 4.78 is 27.5. The lowest BCUT2D eigenvalue weighted by molar-refractivity contribution is -0.142. The standard InChI is InChI=1S/C10H13ClN4O4S/c11-8-4-5-12-10(13-8)14-20(18,19)15-6-2-1-3-7(15)9(16)17/h4-5,7H,1-3,6H2,(H,16,17)(H,12,13,14). The number of halogens is 1. The van der Waals surface area contributed by atoms with Crippen LogP contribution in [0.15, 0.2) is 12.3 Å². The Kier molecular flexibility index (Phi) is 4.41. The molecule has 0 amide bonds. The van der Waals surface area contributed by atoms with E-state index >= 15 is 0 Å². The van der Waals surface area contributed by atoms with Gasteiger partial charge in [0.1, 0.15) is 11.2 Å². The maximum absolute atomic E-state index is 12.2. The molecule has 2 heterocycles. The van der Waals surface area contributed by atoms with Gasteiger partial charge in [-0.25, -0.2) is 14.7 Å². The molecule has 10 heteroatoms. The number of carboxylic acids is 1. The Hall–Kier alpha value is -1.45. The van der Waals surface area contributed by atoms with Crippen molar-refractivity contribution in [3.63, 3.8) is 0 Å². The summed E-state index contributed by atoms with van der Waals surface area (Å²) in [6.07, 6.45) is 2.88. The predicted molar refractivity (Wildman–Crippen MR) is 71.6 cm³/mol. The monoisotopic (exact) mass is 320 g/mol. The molecule has 1 fully saturated rings. The molecular weight excluding hydrogens is 308 g/mol. The summed E-state index contributed by atoms with van der Waals surface area (Å²) >= 11 is 5.64. The van der Waals surface area contributed by atoms with Crippen molar-refractivity contribution in [3.05, 3.63) is 17.4 Å². The van der Waals surface area contributed by atoms with Gasteiger partial charge in [0.15, 0.2) is 0 Å². The summed E-state index contributed by atoms with van der Waals surface area (Å²) in [4.78, 5) is 18.6. The van der Waals surface area contributed by atoms with E-state index in [-0.39, 0.29) is 24.1 Å². The van der Waals surface area contributed by atoms with Crippen molar-refractivity contribution >= 4 is 33.7 Å². The van der Waals surface area contributed by atoms with E-state index in [1.807, 2.05) is 0 Å². The Balaban J connectivity index is 2.22. The van der Waals surface area contributed by atoms with Gasteiger partial charge in [0.25, 0.3) is 0 Å². The van der Waals surface area contributed by atoms with Gasteiger partial charge in [0, 0.05) is 12.7 Å². The molecule has 0 aliphatic carbocycles. The molecule has 20 heavy (non-hydrogen) atoms. The van der Waals surface area contributed by atoms with Crippen LogP contribution in [-0.4, -0.2) is 46.4 Å². The summed E-state index contributed by atoms with van der Waals surface area (Å²) in [5.74, 6) is -1.35. The minimum atomic E-state index is -4.03. The molecule has 110 valence electrons. The van der Waals surface area contributed by atoms with Crippen molar-refractivity contribution in [2.45, 2.75) is 25.3 Å². The topological polar surface area (TPSA) is 112 Å². The molecule has 1 aromatic rings. The fraction of sp³-hybridized carbons (Fsp3) is 0.500. The van der Waals surface area contributed by atoms with Crippen LogP contribution in [0.3, 0.4) is 0 Å². The minimum absolute atomic E-state index is 0.0890. The lowest BCUT2D eigenvalue weighted by atomic mass is 10.1. The quantitative estimate of drug-likeness (QED) is 0.791. The first-order valence-electron chi connectivity index (χ1n) is 5.91. The van der Waals surface area contributed by atoms with Gasteiger partial charge in [0.05, 0.1) is 0 Å². The fourth-order valence-corrected chi connectivity index (χ4v) is 3.48. The van der Waals surface area contributed by atoms with E-state index in [2.05, 4.69) is 14.7 Å². The van der Waals surface area contributed by atoms with Crippen LogP contribution in [0.25, 0.3) is 0 Å². The van der Waals surface area contributed by atoms with Gasteiger partial charge in [-0.15, -0.1) is 0 Å². The number of hydrogen-bond donors (Lipinski definition) is 2. The van der Waals surface area contributed by atoms with E-state index in [1.165, 1.54) is 12.3 Å². The maximum Gasteiger partial charge on any atom is 0.322 e. The number of carbonyl (C=O) groups is 1. The van der Waals surface area contributed by atoms with E-state index in [1.54, 1.807) is 0 Å². The van der Waals surface area contributed by atoms with Gasteiger partial charge in [-0.3, -0.25) is 4.79 Å². The molecule has 0 spiro atoms. The smallest absolute Gasteiger partial charge is 0.322 e. The molecule has 1 unspecified atom stereocenters. The number of hydrogen-bond acceptors (Lipinski definition) is 5. The molecule has 1 aliphatic heterocycles. The Labute approximate surface area is 121 Å². The summed E-state index contributed by atoms with van der Waals surface area (Å²) in [6, 6.07) is 0.334. The summed E-state index contributed by atoms with van der Waals surface area (Å²) in [5, 5.41) is 9.18. The Morgan fingerprint density at radius 2 is 2.25 bits per heavy atom. The van der Waals surface area contributed by atoms with Crippen LogP contribution in [0.1, 0.15) is 19.3 Å². The van der Waals surface area contributed by atoms with Gasteiger partial charge >= 0.3 is 16.2 Å². The summed E-state index contributed by atoms with van der Waals surface area (Å²) in [6.45, 7) is 0.146. The largest absolute Gasteiger partial charge is 0.480 e. The van der Waals surface area contributed by atoms with Crippen LogP contribution < -0.4 is 4.72 Å². The van der Waals surface area contributed by atoms with Gasteiger partial charge in [-0.05, 0) is 25.3 Å². The number of piperidine rings is 1. The van der Waals surface area contributed by atoms with E-state index in [0.717, 1.165) is 4.31 Å². The molecule has 0 radical (unpaired) electrons. The molecule has 1 saturated heterocycles. The van der Waals surface area contributed by atoms with Crippen LogP contribution in [0.5, 0.6) is 0 Å². The van der Waals surface area contributed by atoms with Crippen LogP contribution in [0.4, 0.5) is 5.95 Å². The molecule has 2 rings (SSSR count). The highest BCUT2D eigenvalue weighted by molar-refractivity contribution is 7.90. The number of anilines is 1. The summed E-state index contributed by atoms with van der Waals surface area (Å²) in [5.41, 5.74) is 0. The first-order chi connectivity index (χ1) is 9.40. The summed E-state index contributed by atoms with van der Waals surface area (Å²) in [7, 11) is -4.03. The van der Waals surface area contributed by atoms with Crippen molar-refractivity contribution in [2.75, 3.05) is 11.3 Å². The van der Waals surface area contributed by atoms with Crippen LogP contribution >= 0.6 is 11.6 Å². The molecule has 0 aromatic carbocycles. The highest BCUT2D eigenvalue weighted by Crippen LogP contribution is 2.21. The van der Waals surface area contributed by atoms with E-state index in [9.17, 15) is 13.2 Å². The van der Waals surface area contributed by atoms with Gasteiger partial charge in [-0.2, -0.15) is 12.7 Å².